The van der Waals surface area contributed by atoms with E-state index in [1.165, 1.54) is 28.1 Å². The highest BCUT2D eigenvalue weighted by Gasteiger charge is 2.49. The fourth-order valence-electron chi connectivity index (χ4n) is 5.08. The van der Waals surface area contributed by atoms with Crippen molar-refractivity contribution in [2.45, 2.75) is 99.1 Å². The van der Waals surface area contributed by atoms with Crippen LogP contribution in [0.2, 0.25) is 0 Å². The van der Waals surface area contributed by atoms with Crippen LogP contribution in [0.1, 0.15) is 87.0 Å². The zero-order valence-electron chi connectivity index (χ0n) is 29.1. The normalized spacial score (nSPS) is 17.6. The second-order valence-corrected chi connectivity index (χ2v) is 12.7. The molecule has 1 N–H and O–H groups in total. The van der Waals surface area contributed by atoms with Gasteiger partial charge in [0.15, 0.2) is 6.10 Å². The van der Waals surface area contributed by atoms with Crippen LogP contribution in [-0.2, 0) is 62.1 Å². The maximum Gasteiger partial charge on any atom is 0.336 e. The molecular formula is C32H52N2O13. The second-order valence-electron chi connectivity index (χ2n) is 12.7. The predicted octanol–water partition coefficient (Wildman–Crippen LogP) is 2.27. The van der Waals surface area contributed by atoms with Crippen LogP contribution in [0.4, 0.5) is 0 Å². The van der Waals surface area contributed by atoms with Crippen molar-refractivity contribution in [3.8, 4) is 0 Å². The van der Waals surface area contributed by atoms with Gasteiger partial charge >= 0.3 is 23.9 Å². The fraction of sp³-hybridized carbons (Fsp3) is 0.781. The van der Waals surface area contributed by atoms with Gasteiger partial charge < -0.3 is 33.8 Å². The molecule has 0 aliphatic carbocycles. The quantitative estimate of drug-likeness (QED) is 0.0810. The molecule has 0 aromatic carbocycles. The molecule has 0 aromatic rings. The van der Waals surface area contributed by atoms with Gasteiger partial charge in [0.1, 0.15) is 19.8 Å². The van der Waals surface area contributed by atoms with E-state index < -0.39 is 64.5 Å². The van der Waals surface area contributed by atoms with Crippen LogP contribution in [-0.4, -0.2) is 99.5 Å². The molecule has 5 unspecified atom stereocenters. The lowest BCUT2D eigenvalue weighted by Gasteiger charge is -2.38. The van der Waals surface area contributed by atoms with Crippen molar-refractivity contribution in [3.05, 3.63) is 0 Å². The molecule has 15 nitrogen and oxygen atoms in total. The third kappa shape index (κ3) is 12.9. The van der Waals surface area contributed by atoms with Gasteiger partial charge in [0.25, 0.3) is 11.8 Å². The van der Waals surface area contributed by atoms with E-state index in [0.717, 1.165) is 0 Å². The van der Waals surface area contributed by atoms with Crippen molar-refractivity contribution >= 4 is 41.6 Å². The summed E-state index contributed by atoms with van der Waals surface area (Å²) in [5.74, 6) is -6.77. The zero-order chi connectivity index (χ0) is 35.9. The number of rotatable bonds is 21. The van der Waals surface area contributed by atoms with Gasteiger partial charge in [-0.1, -0.05) is 13.8 Å². The molecule has 5 atom stereocenters. The maximum atomic E-state index is 13.8. The molecule has 0 radical (unpaired) electrons. The lowest BCUT2D eigenvalue weighted by Crippen LogP contribution is -2.44. The summed E-state index contributed by atoms with van der Waals surface area (Å²) in [6, 6.07) is -0.189. The Hall–Kier alpha value is -3.59. The Morgan fingerprint density at radius 1 is 0.809 bits per heavy atom. The van der Waals surface area contributed by atoms with Crippen LogP contribution in [0, 0.1) is 22.7 Å². The van der Waals surface area contributed by atoms with Crippen LogP contribution >= 0.6 is 0 Å². The molecule has 1 aliphatic rings. The number of hydroxylamine groups is 2. The molecule has 1 rings (SSSR count). The number of amides is 3. The van der Waals surface area contributed by atoms with E-state index in [2.05, 4.69) is 5.32 Å². The van der Waals surface area contributed by atoms with Crippen LogP contribution in [0.5, 0.6) is 0 Å². The van der Waals surface area contributed by atoms with Crippen LogP contribution in [0.3, 0.4) is 0 Å². The Morgan fingerprint density at radius 3 is 1.85 bits per heavy atom. The highest BCUT2D eigenvalue weighted by Crippen LogP contribution is 2.44. The zero-order valence-corrected chi connectivity index (χ0v) is 29.1. The molecule has 1 saturated heterocycles. The number of methoxy groups -OCH3 is 2. The van der Waals surface area contributed by atoms with Gasteiger partial charge in [-0.2, -0.15) is 0 Å². The topological polar surface area (TPSA) is 190 Å². The summed E-state index contributed by atoms with van der Waals surface area (Å²) in [7, 11) is 2.80. The number of carbonyl (C=O) groups is 7. The molecule has 0 bridgehead atoms. The van der Waals surface area contributed by atoms with Crippen LogP contribution in [0.15, 0.2) is 0 Å². The molecule has 1 heterocycles. The van der Waals surface area contributed by atoms with E-state index in [0.29, 0.717) is 5.06 Å². The van der Waals surface area contributed by atoms with Crippen molar-refractivity contribution < 1.29 is 62.1 Å². The molecule has 3 amide bonds. The lowest BCUT2D eigenvalue weighted by molar-refractivity contribution is -0.202. The van der Waals surface area contributed by atoms with Gasteiger partial charge in [0.05, 0.1) is 23.4 Å². The number of nitrogens with one attached hydrogen (secondary N) is 1. The third-order valence-electron chi connectivity index (χ3n) is 8.05. The van der Waals surface area contributed by atoms with E-state index in [4.69, 9.17) is 28.5 Å². The van der Waals surface area contributed by atoms with Gasteiger partial charge in [0.2, 0.25) is 5.91 Å². The Balaban J connectivity index is 3.45. The molecule has 47 heavy (non-hydrogen) atoms. The van der Waals surface area contributed by atoms with E-state index in [-0.39, 0.29) is 76.9 Å². The molecule has 0 aromatic heterocycles. The minimum atomic E-state index is -1.58. The third-order valence-corrected chi connectivity index (χ3v) is 8.05. The number of esters is 3. The van der Waals surface area contributed by atoms with Crippen LogP contribution in [0.25, 0.3) is 0 Å². The molecular weight excluding hydrogens is 620 g/mol. The Bertz CT molecular complexity index is 1110. The first-order valence-electron chi connectivity index (χ1n) is 15.8. The number of hydrogen-bond acceptors (Lipinski definition) is 13. The van der Waals surface area contributed by atoms with Gasteiger partial charge in [-0.3, -0.25) is 24.0 Å². The van der Waals surface area contributed by atoms with Gasteiger partial charge in [0, 0.05) is 39.0 Å². The van der Waals surface area contributed by atoms with Crippen molar-refractivity contribution in [2.75, 3.05) is 40.6 Å². The van der Waals surface area contributed by atoms with Crippen molar-refractivity contribution in [2.24, 2.45) is 22.7 Å². The van der Waals surface area contributed by atoms with Crippen molar-refractivity contribution in [1.29, 1.82) is 0 Å². The minimum Gasteiger partial charge on any atom is -0.463 e. The number of imide groups is 1. The Kier molecular flexibility index (Phi) is 17.0. The maximum absolute atomic E-state index is 13.8. The fourth-order valence-corrected chi connectivity index (χ4v) is 5.08. The summed E-state index contributed by atoms with van der Waals surface area (Å²) in [6.45, 7) is 11.0. The van der Waals surface area contributed by atoms with Crippen molar-refractivity contribution in [1.82, 2.24) is 10.4 Å². The molecule has 0 saturated carbocycles. The summed E-state index contributed by atoms with van der Waals surface area (Å²) in [5, 5.41) is 3.18. The second kappa shape index (κ2) is 19.3. The van der Waals surface area contributed by atoms with E-state index in [1.807, 2.05) is 0 Å². The number of carbonyl (C=O) groups excluding carboxylic acids is 7. The van der Waals surface area contributed by atoms with E-state index in [9.17, 15) is 33.6 Å². The Labute approximate surface area is 276 Å². The van der Waals surface area contributed by atoms with Gasteiger partial charge in [-0.15, -0.1) is 5.06 Å². The van der Waals surface area contributed by atoms with Gasteiger partial charge in [-0.05, 0) is 60.3 Å². The first-order chi connectivity index (χ1) is 21.9. The largest absolute Gasteiger partial charge is 0.463 e. The molecule has 268 valence electrons. The summed E-state index contributed by atoms with van der Waals surface area (Å²) >= 11 is 0. The standard InChI is InChI=1S/C32H52N2O13/c1-10-31(6,29(40)45-14-13-42-8)19-32(7,30(41)46-16-15-44-27(38)22(5)43-9)18-23(17-21(4)26(37)33-20(2)3)28(39)47-34-24(35)11-12-25(34)36/h20-23H,10-19H2,1-9H3,(H,33,37). The monoisotopic (exact) mass is 672 g/mol. The average molecular weight is 673 g/mol. The molecule has 1 aliphatic heterocycles. The van der Waals surface area contributed by atoms with E-state index >= 15 is 0 Å². The van der Waals surface area contributed by atoms with Gasteiger partial charge in [-0.25, -0.2) is 9.59 Å². The minimum absolute atomic E-state index is 0.0212. The van der Waals surface area contributed by atoms with Crippen molar-refractivity contribution in [3.63, 3.8) is 0 Å². The molecule has 15 heteroatoms. The molecule has 0 spiro atoms. The summed E-state index contributed by atoms with van der Waals surface area (Å²) in [6.07, 6.45) is -1.40. The average Bonchev–Trinajstić information content (AvgIpc) is 3.33. The summed E-state index contributed by atoms with van der Waals surface area (Å²) < 4.78 is 25.9. The number of hydrogen-bond donors (Lipinski definition) is 1. The number of nitrogens with zero attached hydrogens (tertiary/aromatic N) is 1. The summed E-state index contributed by atoms with van der Waals surface area (Å²) in [5.41, 5.74) is -2.82. The summed E-state index contributed by atoms with van der Waals surface area (Å²) in [4.78, 5) is 95.3. The predicted molar refractivity (Wildman–Crippen MR) is 165 cm³/mol. The SMILES string of the molecule is CCC(C)(CC(C)(CC(CC(C)C(=O)NC(C)C)C(=O)ON1C(=O)CCC1=O)C(=O)OCCOC(=O)C(C)OC)C(=O)OCCOC. The van der Waals surface area contributed by atoms with E-state index in [1.54, 1.807) is 34.6 Å². The first-order valence-corrected chi connectivity index (χ1v) is 15.8. The lowest BCUT2D eigenvalue weighted by atomic mass is 9.67. The smallest absolute Gasteiger partial charge is 0.336 e. The highest BCUT2D eigenvalue weighted by molar-refractivity contribution is 6.01. The first kappa shape index (κ1) is 41.4. The Morgan fingerprint density at radius 2 is 1.34 bits per heavy atom. The van der Waals surface area contributed by atoms with Crippen LogP contribution < -0.4 is 5.32 Å². The molecule has 1 fully saturated rings. The highest BCUT2D eigenvalue weighted by atomic mass is 16.7. The number of ether oxygens (including phenoxy) is 5.